The van der Waals surface area contributed by atoms with Crippen LogP contribution in [-0.2, 0) is 4.79 Å². The molecule has 2 bridgehead atoms. The number of benzene rings is 1. The second kappa shape index (κ2) is 8.38. The third-order valence-corrected chi connectivity index (χ3v) is 5.98. The molecular formula is C22H22ClFN4O4. The number of nitrogens with zero attached hydrogens (tertiary/aromatic N) is 1. The maximum Gasteiger partial charge on any atom is 0.270 e. The molecule has 1 aromatic carbocycles. The average Bonchev–Trinajstić information content (AvgIpc) is 2.72. The molecule has 3 saturated carbocycles. The van der Waals surface area contributed by atoms with Gasteiger partial charge in [-0.05, 0) is 50.5 Å². The van der Waals surface area contributed by atoms with Crippen LogP contribution in [0.2, 0.25) is 5.02 Å². The van der Waals surface area contributed by atoms with Crippen molar-refractivity contribution in [3.8, 4) is 5.75 Å². The van der Waals surface area contributed by atoms with Gasteiger partial charge in [0.15, 0.2) is 6.61 Å². The first-order valence-corrected chi connectivity index (χ1v) is 10.6. The van der Waals surface area contributed by atoms with E-state index in [0.29, 0.717) is 31.4 Å². The van der Waals surface area contributed by atoms with E-state index in [9.17, 15) is 18.8 Å². The normalized spacial score (nSPS) is 22.7. The topological polar surface area (TPSA) is 109 Å². The summed E-state index contributed by atoms with van der Waals surface area (Å²) in [6.45, 7) is 2.08. The molecule has 3 aliphatic rings. The SMILES string of the molecule is CCNC(=O)c1ccc(C(=O)NC23CC(NC(=O)COc4ccc(Cl)c(F)c4)(C2)C3)nc1. The Morgan fingerprint density at radius 3 is 2.44 bits per heavy atom. The molecule has 2 aromatic rings. The summed E-state index contributed by atoms with van der Waals surface area (Å²) in [5, 5.41) is 8.56. The molecular weight excluding hydrogens is 439 g/mol. The van der Waals surface area contributed by atoms with Gasteiger partial charge in [-0.3, -0.25) is 19.4 Å². The van der Waals surface area contributed by atoms with E-state index in [2.05, 4.69) is 20.9 Å². The molecule has 3 amide bonds. The minimum Gasteiger partial charge on any atom is -0.484 e. The summed E-state index contributed by atoms with van der Waals surface area (Å²) in [7, 11) is 0. The largest absolute Gasteiger partial charge is 0.484 e. The number of nitrogens with one attached hydrogen (secondary N) is 3. The Morgan fingerprint density at radius 1 is 1.09 bits per heavy atom. The van der Waals surface area contributed by atoms with Crippen molar-refractivity contribution in [2.75, 3.05) is 13.2 Å². The summed E-state index contributed by atoms with van der Waals surface area (Å²) in [5.41, 5.74) is -0.0949. The predicted molar refractivity (Wildman–Crippen MR) is 114 cm³/mol. The first-order valence-electron chi connectivity index (χ1n) is 10.2. The summed E-state index contributed by atoms with van der Waals surface area (Å²) >= 11 is 5.62. The predicted octanol–water partition coefficient (Wildman–Crippen LogP) is 2.22. The molecule has 0 aliphatic heterocycles. The van der Waals surface area contributed by atoms with Crippen LogP contribution >= 0.6 is 11.6 Å². The Labute approximate surface area is 188 Å². The Bertz CT molecular complexity index is 1060. The highest BCUT2D eigenvalue weighted by atomic mass is 35.5. The molecule has 0 saturated heterocycles. The fourth-order valence-electron chi connectivity index (χ4n) is 4.33. The van der Waals surface area contributed by atoms with Crippen molar-refractivity contribution in [2.24, 2.45) is 0 Å². The summed E-state index contributed by atoms with van der Waals surface area (Å²) in [4.78, 5) is 40.6. The smallest absolute Gasteiger partial charge is 0.270 e. The number of hydrogen-bond donors (Lipinski definition) is 3. The molecule has 5 rings (SSSR count). The van der Waals surface area contributed by atoms with Crippen LogP contribution in [0.25, 0.3) is 0 Å². The lowest BCUT2D eigenvalue weighted by Gasteiger charge is -2.70. The number of ether oxygens (including phenoxy) is 1. The van der Waals surface area contributed by atoms with Gasteiger partial charge in [-0.1, -0.05) is 11.6 Å². The van der Waals surface area contributed by atoms with Crippen molar-refractivity contribution in [1.82, 2.24) is 20.9 Å². The Balaban J connectivity index is 1.23. The molecule has 0 spiro atoms. The summed E-state index contributed by atoms with van der Waals surface area (Å²) < 4.78 is 18.7. The van der Waals surface area contributed by atoms with E-state index in [0.717, 1.165) is 6.07 Å². The second-order valence-corrected chi connectivity index (χ2v) is 8.66. The number of carbonyl (C=O) groups excluding carboxylic acids is 3. The molecule has 3 N–H and O–H groups in total. The minimum atomic E-state index is -0.616. The summed E-state index contributed by atoms with van der Waals surface area (Å²) in [5.74, 6) is -1.28. The van der Waals surface area contributed by atoms with Gasteiger partial charge in [0.2, 0.25) is 0 Å². The maximum atomic E-state index is 13.4. The Morgan fingerprint density at radius 2 is 1.81 bits per heavy atom. The number of hydrogen-bond acceptors (Lipinski definition) is 5. The van der Waals surface area contributed by atoms with Crippen LogP contribution < -0.4 is 20.7 Å². The zero-order valence-electron chi connectivity index (χ0n) is 17.3. The van der Waals surface area contributed by atoms with E-state index in [4.69, 9.17) is 16.3 Å². The van der Waals surface area contributed by atoms with E-state index < -0.39 is 5.82 Å². The van der Waals surface area contributed by atoms with Crippen LogP contribution in [0.1, 0.15) is 47.0 Å². The number of halogens is 2. The highest BCUT2D eigenvalue weighted by molar-refractivity contribution is 6.30. The second-order valence-electron chi connectivity index (χ2n) is 8.25. The van der Waals surface area contributed by atoms with Gasteiger partial charge < -0.3 is 20.7 Å². The molecule has 1 aromatic heterocycles. The monoisotopic (exact) mass is 460 g/mol. The first-order chi connectivity index (χ1) is 15.2. The van der Waals surface area contributed by atoms with Crippen molar-refractivity contribution in [2.45, 2.75) is 37.3 Å². The summed E-state index contributed by atoms with van der Waals surface area (Å²) in [6, 6.07) is 7.04. The molecule has 10 heteroatoms. The van der Waals surface area contributed by atoms with Gasteiger partial charge in [0.25, 0.3) is 17.7 Å². The van der Waals surface area contributed by atoms with E-state index >= 15 is 0 Å². The molecule has 168 valence electrons. The van der Waals surface area contributed by atoms with Gasteiger partial charge >= 0.3 is 0 Å². The van der Waals surface area contributed by atoms with Crippen molar-refractivity contribution in [3.63, 3.8) is 0 Å². The molecule has 8 nitrogen and oxygen atoms in total. The van der Waals surface area contributed by atoms with Crippen LogP contribution in [0.5, 0.6) is 5.75 Å². The Kier molecular flexibility index (Phi) is 5.77. The number of carbonyl (C=O) groups is 3. The van der Waals surface area contributed by atoms with E-state index in [1.54, 1.807) is 6.07 Å². The lowest BCUT2D eigenvalue weighted by atomic mass is 9.44. The van der Waals surface area contributed by atoms with Gasteiger partial charge in [-0.15, -0.1) is 0 Å². The third kappa shape index (κ3) is 4.38. The number of rotatable bonds is 8. The zero-order chi connectivity index (χ0) is 22.9. The van der Waals surface area contributed by atoms with Crippen molar-refractivity contribution < 1.29 is 23.5 Å². The van der Waals surface area contributed by atoms with Gasteiger partial charge in [-0.2, -0.15) is 0 Å². The molecule has 32 heavy (non-hydrogen) atoms. The fourth-order valence-corrected chi connectivity index (χ4v) is 4.45. The highest BCUT2D eigenvalue weighted by Gasteiger charge is 2.69. The van der Waals surface area contributed by atoms with Gasteiger partial charge in [0.05, 0.1) is 10.6 Å². The van der Waals surface area contributed by atoms with Gasteiger partial charge in [0.1, 0.15) is 17.3 Å². The van der Waals surface area contributed by atoms with Gasteiger partial charge in [0, 0.05) is 29.9 Å². The quantitative estimate of drug-likeness (QED) is 0.559. The molecule has 0 unspecified atom stereocenters. The van der Waals surface area contributed by atoms with Crippen molar-refractivity contribution >= 4 is 29.3 Å². The molecule has 3 fully saturated rings. The van der Waals surface area contributed by atoms with Crippen LogP contribution in [0.4, 0.5) is 4.39 Å². The summed E-state index contributed by atoms with van der Waals surface area (Å²) in [6.07, 6.45) is 3.22. The van der Waals surface area contributed by atoms with E-state index in [1.807, 2.05) is 6.92 Å². The third-order valence-electron chi connectivity index (χ3n) is 5.67. The van der Waals surface area contributed by atoms with Crippen LogP contribution in [0, 0.1) is 5.82 Å². The van der Waals surface area contributed by atoms with Crippen molar-refractivity contribution in [1.29, 1.82) is 0 Å². The van der Waals surface area contributed by atoms with Crippen LogP contribution in [0.3, 0.4) is 0 Å². The number of aromatic nitrogens is 1. The first kappa shape index (κ1) is 22.0. The highest BCUT2D eigenvalue weighted by Crippen LogP contribution is 2.60. The lowest BCUT2D eigenvalue weighted by Crippen LogP contribution is -2.84. The molecule has 3 aliphatic carbocycles. The number of amides is 3. The maximum absolute atomic E-state index is 13.4. The molecule has 0 atom stereocenters. The van der Waals surface area contributed by atoms with Crippen molar-refractivity contribution in [3.05, 3.63) is 58.6 Å². The van der Waals surface area contributed by atoms with Crippen LogP contribution in [0.15, 0.2) is 36.5 Å². The zero-order valence-corrected chi connectivity index (χ0v) is 18.1. The Hall–Kier alpha value is -3.20. The van der Waals surface area contributed by atoms with E-state index in [-0.39, 0.29) is 51.9 Å². The standard InChI is InChI=1S/C22H22ClFN4O4/c1-2-25-19(30)13-3-6-17(26-8-13)20(31)28-22-10-21(11-22,12-22)27-18(29)9-32-14-4-5-15(23)16(24)7-14/h3-8H,2,9-12H2,1H3,(H,25,30)(H,27,29)(H,28,31). The number of pyridine rings is 1. The minimum absolute atomic E-state index is 0.0175. The fraction of sp³-hybridized carbons (Fsp3) is 0.364. The van der Waals surface area contributed by atoms with E-state index in [1.165, 1.54) is 24.4 Å². The average molecular weight is 461 g/mol. The lowest BCUT2D eigenvalue weighted by molar-refractivity contribution is -0.141. The van der Waals surface area contributed by atoms with Gasteiger partial charge in [-0.25, -0.2) is 4.39 Å². The molecule has 1 heterocycles. The van der Waals surface area contributed by atoms with Crippen LogP contribution in [-0.4, -0.2) is 46.9 Å². The molecule has 0 radical (unpaired) electrons.